The van der Waals surface area contributed by atoms with Gasteiger partial charge in [0.25, 0.3) is 10.0 Å². The van der Waals surface area contributed by atoms with Gasteiger partial charge >= 0.3 is 0 Å². The van der Waals surface area contributed by atoms with Crippen LogP contribution in [0.2, 0.25) is 0 Å². The van der Waals surface area contributed by atoms with Crippen LogP contribution in [-0.4, -0.2) is 15.5 Å². The molecule has 8 heteroatoms. The Labute approximate surface area is 204 Å². The molecule has 2 aliphatic heterocycles. The van der Waals surface area contributed by atoms with Crippen molar-refractivity contribution >= 4 is 21.5 Å². The molecular formula is C27H23N3O4S. The number of anilines is 1. The number of fused-ring (bicyclic) bond motifs is 2. The Balaban J connectivity index is 1.79. The summed E-state index contributed by atoms with van der Waals surface area (Å²) >= 11 is 0. The number of nitriles is 1. The monoisotopic (exact) mass is 485 g/mol. The van der Waals surface area contributed by atoms with Crippen molar-refractivity contribution in [3.05, 3.63) is 111 Å². The number of hydrogen-bond donors (Lipinski definition) is 1. The molecule has 0 bridgehead atoms. The quantitative estimate of drug-likeness (QED) is 0.582. The van der Waals surface area contributed by atoms with Crippen LogP contribution in [-0.2, 0) is 21.3 Å². The number of hydrogen-bond acceptors (Lipinski definition) is 6. The summed E-state index contributed by atoms with van der Waals surface area (Å²) < 4.78 is 41.5. The summed E-state index contributed by atoms with van der Waals surface area (Å²) in [7, 11) is -2.65. The van der Waals surface area contributed by atoms with Crippen LogP contribution in [0.5, 0.6) is 5.75 Å². The molecule has 0 fully saturated rings. The maximum atomic E-state index is 14.4. The lowest BCUT2D eigenvalue weighted by molar-refractivity contribution is 0.355. The first-order valence-corrected chi connectivity index (χ1v) is 12.4. The molecule has 7 nitrogen and oxygen atoms in total. The van der Waals surface area contributed by atoms with Crippen LogP contribution in [0.1, 0.15) is 28.2 Å². The number of methoxy groups -OCH3 is 1. The molecule has 0 saturated carbocycles. The average molecular weight is 486 g/mol. The molecule has 0 amide bonds. The summed E-state index contributed by atoms with van der Waals surface area (Å²) in [5, 5.41) is 10.0. The van der Waals surface area contributed by atoms with E-state index in [2.05, 4.69) is 6.07 Å². The first-order valence-electron chi connectivity index (χ1n) is 11.0. The Hall–Kier alpha value is -4.22. The van der Waals surface area contributed by atoms with Crippen LogP contribution < -0.4 is 14.8 Å². The highest BCUT2D eigenvalue weighted by Crippen LogP contribution is 2.52. The van der Waals surface area contributed by atoms with E-state index >= 15 is 0 Å². The lowest BCUT2D eigenvalue weighted by atomic mass is 9.87. The van der Waals surface area contributed by atoms with E-state index in [9.17, 15) is 13.7 Å². The van der Waals surface area contributed by atoms with Gasteiger partial charge in [-0.3, -0.25) is 4.31 Å². The minimum Gasteiger partial charge on any atom is -0.496 e. The van der Waals surface area contributed by atoms with Crippen molar-refractivity contribution in [2.45, 2.75) is 19.4 Å². The minimum absolute atomic E-state index is 0.0204. The van der Waals surface area contributed by atoms with Gasteiger partial charge in [0.15, 0.2) is 5.76 Å². The topological polar surface area (TPSA) is 106 Å². The molecular weight excluding hydrogens is 462 g/mol. The third-order valence-corrected chi connectivity index (χ3v) is 8.27. The van der Waals surface area contributed by atoms with Gasteiger partial charge in [-0.1, -0.05) is 54.6 Å². The Morgan fingerprint density at radius 3 is 2.49 bits per heavy atom. The molecule has 0 spiro atoms. The zero-order valence-corrected chi connectivity index (χ0v) is 20.0. The van der Waals surface area contributed by atoms with Gasteiger partial charge in [0, 0.05) is 11.1 Å². The molecule has 3 aromatic rings. The third kappa shape index (κ3) is 3.52. The Bertz CT molecular complexity index is 1550. The van der Waals surface area contributed by atoms with Crippen molar-refractivity contribution in [2.24, 2.45) is 5.73 Å². The van der Waals surface area contributed by atoms with E-state index in [0.29, 0.717) is 22.6 Å². The fraction of sp³-hybridized carbons (Fsp3) is 0.148. The van der Waals surface area contributed by atoms with Crippen LogP contribution in [0, 0.1) is 18.3 Å². The Morgan fingerprint density at radius 1 is 1.06 bits per heavy atom. The van der Waals surface area contributed by atoms with Crippen molar-refractivity contribution in [1.82, 2.24) is 0 Å². The molecule has 5 rings (SSSR count). The van der Waals surface area contributed by atoms with E-state index in [1.807, 2.05) is 37.3 Å². The fourth-order valence-corrected chi connectivity index (χ4v) is 6.53. The molecule has 1 unspecified atom stereocenters. The van der Waals surface area contributed by atoms with Gasteiger partial charge in [0.1, 0.15) is 22.3 Å². The predicted molar refractivity (Wildman–Crippen MR) is 133 cm³/mol. The Morgan fingerprint density at radius 2 is 1.74 bits per heavy atom. The predicted octanol–water partition coefficient (Wildman–Crippen LogP) is 4.53. The lowest BCUT2D eigenvalue weighted by Gasteiger charge is -2.38. The van der Waals surface area contributed by atoms with E-state index in [1.165, 1.54) is 11.4 Å². The molecule has 0 aliphatic carbocycles. The highest BCUT2D eigenvalue weighted by atomic mass is 32.2. The molecule has 3 aromatic carbocycles. The second-order valence-electron chi connectivity index (χ2n) is 8.32. The van der Waals surface area contributed by atoms with Crippen molar-refractivity contribution < 1.29 is 17.9 Å². The van der Waals surface area contributed by atoms with Gasteiger partial charge in [0.05, 0.1) is 25.3 Å². The summed E-state index contributed by atoms with van der Waals surface area (Å²) in [5.41, 5.74) is 9.65. The smallest absolute Gasteiger partial charge is 0.265 e. The molecule has 0 radical (unpaired) electrons. The summed E-state index contributed by atoms with van der Waals surface area (Å²) in [5.74, 6) is -0.530. The van der Waals surface area contributed by atoms with E-state index < -0.39 is 15.9 Å². The molecule has 35 heavy (non-hydrogen) atoms. The van der Waals surface area contributed by atoms with Crippen molar-refractivity contribution in [1.29, 1.82) is 5.26 Å². The fourth-order valence-electron chi connectivity index (χ4n) is 4.64. The van der Waals surface area contributed by atoms with Crippen LogP contribution in [0.25, 0.3) is 5.76 Å². The number of allylic oxidation sites excluding steroid dienone is 2. The maximum absolute atomic E-state index is 14.4. The maximum Gasteiger partial charge on any atom is 0.265 e. The van der Waals surface area contributed by atoms with E-state index in [0.717, 1.165) is 11.1 Å². The summed E-state index contributed by atoms with van der Waals surface area (Å²) in [4.78, 5) is -0.0277. The van der Waals surface area contributed by atoms with E-state index in [1.54, 1.807) is 42.5 Å². The van der Waals surface area contributed by atoms with Crippen molar-refractivity contribution in [2.75, 3.05) is 11.4 Å². The standard InChI is InChI=1S/C27H23N3O4S/c1-17-9-3-4-10-18(17)16-30-22-13-7-5-11-19(22)25-26(35(30,31)32)24(21(15-28)27(29)34-25)20-12-6-8-14-23(20)33-2/h3-14,24H,16,29H2,1-2H3. The van der Waals surface area contributed by atoms with Gasteiger partial charge < -0.3 is 15.2 Å². The number of para-hydroxylation sites is 2. The van der Waals surface area contributed by atoms with Gasteiger partial charge in [-0.2, -0.15) is 5.26 Å². The van der Waals surface area contributed by atoms with Gasteiger partial charge in [0.2, 0.25) is 5.88 Å². The third-order valence-electron chi connectivity index (χ3n) is 6.38. The van der Waals surface area contributed by atoms with Crippen molar-refractivity contribution in [3.8, 4) is 11.8 Å². The summed E-state index contributed by atoms with van der Waals surface area (Å²) in [6, 6.07) is 23.9. The van der Waals surface area contributed by atoms with Gasteiger partial charge in [-0.05, 0) is 36.2 Å². The number of rotatable bonds is 4. The molecule has 1 atom stereocenters. The number of nitrogens with zero attached hydrogens (tertiary/aromatic N) is 2. The first kappa shape index (κ1) is 22.6. The normalized spacial score (nSPS) is 18.3. The zero-order chi connectivity index (χ0) is 24.7. The second kappa shape index (κ2) is 8.53. The number of sulfonamides is 1. The van der Waals surface area contributed by atoms with Crippen LogP contribution in [0.4, 0.5) is 5.69 Å². The average Bonchev–Trinajstić information content (AvgIpc) is 2.86. The molecule has 2 aliphatic rings. The summed E-state index contributed by atoms with van der Waals surface area (Å²) in [6.45, 7) is 2.07. The molecule has 2 heterocycles. The number of nitrogens with two attached hydrogens (primary N) is 1. The van der Waals surface area contributed by atoms with Crippen LogP contribution >= 0.6 is 0 Å². The van der Waals surface area contributed by atoms with Crippen LogP contribution in [0.3, 0.4) is 0 Å². The molecule has 176 valence electrons. The van der Waals surface area contributed by atoms with Crippen LogP contribution in [0.15, 0.2) is 89.2 Å². The minimum atomic E-state index is -4.15. The zero-order valence-electron chi connectivity index (χ0n) is 19.2. The van der Waals surface area contributed by atoms with Gasteiger partial charge in [-0.25, -0.2) is 8.42 Å². The van der Waals surface area contributed by atoms with Crippen molar-refractivity contribution in [3.63, 3.8) is 0 Å². The summed E-state index contributed by atoms with van der Waals surface area (Å²) in [6.07, 6.45) is 0. The number of benzene rings is 3. The van der Waals surface area contributed by atoms with E-state index in [-0.39, 0.29) is 28.7 Å². The van der Waals surface area contributed by atoms with E-state index in [4.69, 9.17) is 15.2 Å². The largest absolute Gasteiger partial charge is 0.496 e. The number of ether oxygens (including phenoxy) is 2. The molecule has 2 N–H and O–H groups in total. The number of aryl methyl sites for hydroxylation is 1. The first-order chi connectivity index (χ1) is 16.9. The SMILES string of the molecule is COc1ccccc1C1C(C#N)=C(N)OC2=C1S(=O)(=O)N(Cc1ccccc1C)c1ccccc12. The highest BCUT2D eigenvalue weighted by Gasteiger charge is 2.47. The lowest BCUT2D eigenvalue weighted by Crippen LogP contribution is -2.39. The van der Waals surface area contributed by atoms with Gasteiger partial charge in [-0.15, -0.1) is 0 Å². The molecule has 0 aromatic heterocycles. The Kier molecular flexibility index (Phi) is 5.50. The highest BCUT2D eigenvalue weighted by molar-refractivity contribution is 7.96. The second-order valence-corrected chi connectivity index (χ2v) is 10.1. The molecule has 0 saturated heterocycles.